The molecular formula is C23H22N4O3S2. The van der Waals surface area contributed by atoms with Gasteiger partial charge in [-0.25, -0.2) is 8.42 Å². The largest absolute Gasteiger partial charge is 0.354 e. The Morgan fingerprint density at radius 3 is 2.62 bits per heavy atom. The SMILES string of the molecule is Cn1c(SCC(=O)c2c(-c3ccccc3)[nH]c3ccccc23)nnc1C1CCS(=O)(=O)C1. The molecule has 4 aromatic rings. The number of thioether (sulfide) groups is 1. The van der Waals surface area contributed by atoms with Gasteiger partial charge in [0.25, 0.3) is 0 Å². The molecule has 5 rings (SSSR count). The Hall–Kier alpha value is -2.91. The fourth-order valence-electron chi connectivity index (χ4n) is 4.26. The summed E-state index contributed by atoms with van der Waals surface area (Å²) in [5.74, 6) is 1.03. The summed E-state index contributed by atoms with van der Waals surface area (Å²) in [6.07, 6.45) is 0.563. The Bertz CT molecular complexity index is 1410. The van der Waals surface area contributed by atoms with Crippen LogP contribution in [-0.4, -0.2) is 51.2 Å². The maximum absolute atomic E-state index is 13.4. The summed E-state index contributed by atoms with van der Waals surface area (Å²) >= 11 is 1.32. The first-order chi connectivity index (χ1) is 15.4. The van der Waals surface area contributed by atoms with Crippen LogP contribution in [0.15, 0.2) is 59.8 Å². The molecular weight excluding hydrogens is 444 g/mol. The topological polar surface area (TPSA) is 97.7 Å². The molecule has 7 nitrogen and oxygen atoms in total. The van der Waals surface area contributed by atoms with Gasteiger partial charge in [0.05, 0.1) is 28.5 Å². The predicted molar refractivity (Wildman–Crippen MR) is 126 cm³/mol. The van der Waals surface area contributed by atoms with Crippen molar-refractivity contribution in [2.24, 2.45) is 7.05 Å². The molecule has 0 saturated carbocycles. The van der Waals surface area contributed by atoms with Crippen molar-refractivity contribution in [3.8, 4) is 11.3 Å². The van der Waals surface area contributed by atoms with Crippen LogP contribution >= 0.6 is 11.8 Å². The number of para-hydroxylation sites is 1. The normalized spacial score (nSPS) is 17.7. The van der Waals surface area contributed by atoms with Crippen molar-refractivity contribution in [1.82, 2.24) is 19.7 Å². The summed E-state index contributed by atoms with van der Waals surface area (Å²) in [6, 6.07) is 17.6. The van der Waals surface area contributed by atoms with Crippen molar-refractivity contribution in [3.05, 3.63) is 66.0 Å². The van der Waals surface area contributed by atoms with Crippen LogP contribution in [0.5, 0.6) is 0 Å². The molecule has 1 saturated heterocycles. The van der Waals surface area contributed by atoms with Gasteiger partial charge in [-0.2, -0.15) is 0 Å². The summed E-state index contributed by atoms with van der Waals surface area (Å²) in [5.41, 5.74) is 3.36. The smallest absolute Gasteiger partial charge is 0.191 e. The monoisotopic (exact) mass is 466 g/mol. The van der Waals surface area contributed by atoms with E-state index < -0.39 is 9.84 Å². The van der Waals surface area contributed by atoms with Gasteiger partial charge in [-0.1, -0.05) is 60.3 Å². The van der Waals surface area contributed by atoms with Crippen LogP contribution < -0.4 is 0 Å². The molecule has 0 amide bonds. The minimum absolute atomic E-state index is 0.000651. The molecule has 1 aliphatic rings. The quantitative estimate of drug-likeness (QED) is 0.342. The number of fused-ring (bicyclic) bond motifs is 1. The number of nitrogens with zero attached hydrogens (tertiary/aromatic N) is 3. The van der Waals surface area contributed by atoms with Crippen LogP contribution in [0.3, 0.4) is 0 Å². The fraction of sp³-hybridized carbons (Fsp3) is 0.261. The molecule has 0 bridgehead atoms. The number of rotatable bonds is 6. The van der Waals surface area contributed by atoms with Crippen LogP contribution in [0.25, 0.3) is 22.2 Å². The molecule has 1 N–H and O–H groups in total. The molecule has 0 radical (unpaired) electrons. The van der Waals surface area contributed by atoms with E-state index in [4.69, 9.17) is 0 Å². The minimum atomic E-state index is -3.00. The second kappa shape index (κ2) is 8.22. The van der Waals surface area contributed by atoms with E-state index in [0.717, 1.165) is 22.2 Å². The van der Waals surface area contributed by atoms with Gasteiger partial charge in [-0.3, -0.25) is 4.79 Å². The zero-order valence-electron chi connectivity index (χ0n) is 17.5. The number of nitrogens with one attached hydrogen (secondary N) is 1. The summed E-state index contributed by atoms with van der Waals surface area (Å²) in [4.78, 5) is 16.8. The van der Waals surface area contributed by atoms with Gasteiger partial charge in [0.15, 0.2) is 20.8 Å². The van der Waals surface area contributed by atoms with Crippen LogP contribution in [0.4, 0.5) is 0 Å². The summed E-state index contributed by atoms with van der Waals surface area (Å²) in [7, 11) is -1.18. The number of aromatic amines is 1. The zero-order valence-corrected chi connectivity index (χ0v) is 19.1. The maximum Gasteiger partial charge on any atom is 0.191 e. The number of aromatic nitrogens is 4. The van der Waals surface area contributed by atoms with Gasteiger partial charge in [-0.05, 0) is 18.1 Å². The zero-order chi connectivity index (χ0) is 22.3. The van der Waals surface area contributed by atoms with Crippen molar-refractivity contribution in [2.45, 2.75) is 17.5 Å². The highest BCUT2D eigenvalue weighted by atomic mass is 32.2. The first-order valence-corrected chi connectivity index (χ1v) is 13.2. The van der Waals surface area contributed by atoms with Crippen LogP contribution in [0, 0.1) is 0 Å². The van der Waals surface area contributed by atoms with E-state index in [2.05, 4.69) is 15.2 Å². The number of hydrogen-bond acceptors (Lipinski definition) is 6. The molecule has 164 valence electrons. The van der Waals surface area contributed by atoms with Crippen molar-refractivity contribution >= 4 is 38.3 Å². The average molecular weight is 467 g/mol. The van der Waals surface area contributed by atoms with Crippen molar-refractivity contribution in [2.75, 3.05) is 17.3 Å². The number of carbonyl (C=O) groups is 1. The van der Waals surface area contributed by atoms with Crippen LogP contribution in [0.2, 0.25) is 0 Å². The van der Waals surface area contributed by atoms with E-state index in [-0.39, 0.29) is 29.0 Å². The van der Waals surface area contributed by atoms with E-state index in [1.165, 1.54) is 11.8 Å². The lowest BCUT2D eigenvalue weighted by molar-refractivity contribution is 0.102. The third-order valence-electron chi connectivity index (χ3n) is 5.85. The number of H-pyrrole nitrogens is 1. The molecule has 1 atom stereocenters. The van der Waals surface area contributed by atoms with Gasteiger partial charge >= 0.3 is 0 Å². The first-order valence-electron chi connectivity index (χ1n) is 10.3. The van der Waals surface area contributed by atoms with E-state index in [1.54, 1.807) is 0 Å². The number of ketones is 1. The second-order valence-corrected chi connectivity index (χ2v) is 11.2. The summed E-state index contributed by atoms with van der Waals surface area (Å²) in [6.45, 7) is 0. The average Bonchev–Trinajstić information content (AvgIpc) is 3.47. The van der Waals surface area contributed by atoms with Gasteiger partial charge in [0.2, 0.25) is 0 Å². The highest BCUT2D eigenvalue weighted by Crippen LogP contribution is 2.33. The van der Waals surface area contributed by atoms with Gasteiger partial charge in [0.1, 0.15) is 5.82 Å². The molecule has 1 fully saturated rings. The Morgan fingerprint density at radius 1 is 1.12 bits per heavy atom. The standard InChI is InChI=1S/C23H22N4O3S2/c1-27-22(16-11-12-32(29,30)14-16)25-26-23(27)31-13-19(28)20-17-9-5-6-10-18(17)24-21(20)15-7-3-2-4-8-15/h2-10,16,24H,11-14H2,1H3. The van der Waals surface area contributed by atoms with E-state index >= 15 is 0 Å². The van der Waals surface area contributed by atoms with Gasteiger partial charge in [-0.15, -0.1) is 10.2 Å². The van der Waals surface area contributed by atoms with Crippen molar-refractivity contribution in [1.29, 1.82) is 0 Å². The van der Waals surface area contributed by atoms with Gasteiger partial charge < -0.3 is 9.55 Å². The lowest BCUT2D eigenvalue weighted by atomic mass is 10.0. The molecule has 0 spiro atoms. The number of carbonyl (C=O) groups excluding carboxylic acids is 1. The molecule has 9 heteroatoms. The number of hydrogen-bond donors (Lipinski definition) is 1. The lowest BCUT2D eigenvalue weighted by Gasteiger charge is -2.08. The Kier molecular flexibility index (Phi) is 5.38. The van der Waals surface area contributed by atoms with Crippen LogP contribution in [0.1, 0.15) is 28.5 Å². The van der Waals surface area contributed by atoms with E-state index in [1.807, 2.05) is 66.2 Å². The maximum atomic E-state index is 13.4. The van der Waals surface area contributed by atoms with E-state index in [9.17, 15) is 13.2 Å². The van der Waals surface area contributed by atoms with Crippen LogP contribution in [-0.2, 0) is 16.9 Å². The second-order valence-electron chi connectivity index (χ2n) is 8.00. The number of sulfone groups is 1. The molecule has 2 aromatic carbocycles. The van der Waals surface area contributed by atoms with Crippen molar-refractivity contribution < 1.29 is 13.2 Å². The lowest BCUT2D eigenvalue weighted by Crippen LogP contribution is -2.09. The molecule has 1 unspecified atom stereocenters. The van der Waals surface area contributed by atoms with E-state index in [0.29, 0.717) is 23.0 Å². The molecule has 0 aliphatic carbocycles. The Balaban J connectivity index is 1.41. The number of benzene rings is 2. The third kappa shape index (κ3) is 3.86. The highest BCUT2D eigenvalue weighted by Gasteiger charge is 2.32. The van der Waals surface area contributed by atoms with Gasteiger partial charge in [0, 0.05) is 23.9 Å². The first kappa shape index (κ1) is 21.0. The molecule has 32 heavy (non-hydrogen) atoms. The Labute approximate surface area is 190 Å². The number of Topliss-reactive ketones (excluding diaryl/α,β-unsaturated/α-hetero) is 1. The minimum Gasteiger partial charge on any atom is -0.354 e. The summed E-state index contributed by atoms with van der Waals surface area (Å²) < 4.78 is 25.5. The third-order valence-corrected chi connectivity index (χ3v) is 8.63. The molecule has 3 heterocycles. The van der Waals surface area contributed by atoms with Crippen molar-refractivity contribution in [3.63, 3.8) is 0 Å². The highest BCUT2D eigenvalue weighted by molar-refractivity contribution is 7.99. The fourth-order valence-corrected chi connectivity index (χ4v) is 6.79. The molecule has 1 aliphatic heterocycles. The summed E-state index contributed by atoms with van der Waals surface area (Å²) in [5, 5.41) is 9.96. The molecule has 2 aromatic heterocycles. The predicted octanol–water partition coefficient (Wildman–Crippen LogP) is 3.84. The Morgan fingerprint density at radius 2 is 1.88 bits per heavy atom.